The van der Waals surface area contributed by atoms with Gasteiger partial charge in [-0.05, 0) is 15.9 Å². The summed E-state index contributed by atoms with van der Waals surface area (Å²) in [7, 11) is 0. The number of hydrogen-bond acceptors (Lipinski definition) is 6. The Morgan fingerprint density at radius 3 is 2.64 bits per heavy atom. The second-order valence-corrected chi connectivity index (χ2v) is 5.02. The molecule has 0 spiro atoms. The minimum absolute atomic E-state index is 0.187. The zero-order chi connectivity index (χ0) is 10.3. The second kappa shape index (κ2) is 3.34. The predicted molar refractivity (Wildman–Crippen MR) is 61.8 cm³/mol. The van der Waals surface area contributed by atoms with Crippen LogP contribution in [0.25, 0.3) is 10.2 Å². The SMILES string of the molecule is NCc1c(Br)sc2nc(N)nc(N)c12. The van der Waals surface area contributed by atoms with Crippen molar-refractivity contribution in [1.82, 2.24) is 9.97 Å². The first-order valence-corrected chi connectivity index (χ1v) is 5.44. The Bertz CT molecular complexity index is 494. The Balaban J connectivity index is 2.88. The summed E-state index contributed by atoms with van der Waals surface area (Å²) in [5, 5.41) is 0.804. The van der Waals surface area contributed by atoms with Gasteiger partial charge in [0.1, 0.15) is 10.6 Å². The molecule has 0 aliphatic carbocycles. The average molecular weight is 274 g/mol. The van der Waals surface area contributed by atoms with Gasteiger partial charge in [-0.2, -0.15) is 4.98 Å². The summed E-state index contributed by atoms with van der Waals surface area (Å²) in [4.78, 5) is 8.75. The molecule has 0 unspecified atom stereocenters. The van der Waals surface area contributed by atoms with Crippen molar-refractivity contribution >= 4 is 49.2 Å². The Morgan fingerprint density at radius 1 is 1.29 bits per heavy atom. The number of thiophene rings is 1. The molecule has 0 saturated heterocycles. The molecule has 0 aromatic carbocycles. The number of nitrogens with two attached hydrogens (primary N) is 3. The zero-order valence-electron chi connectivity index (χ0n) is 7.12. The van der Waals surface area contributed by atoms with E-state index in [1.165, 1.54) is 11.3 Å². The summed E-state index contributed by atoms with van der Waals surface area (Å²) in [6.07, 6.45) is 0. The van der Waals surface area contributed by atoms with E-state index in [1.807, 2.05) is 0 Å². The van der Waals surface area contributed by atoms with Crippen LogP contribution in [-0.2, 0) is 6.54 Å². The maximum atomic E-state index is 5.75. The van der Waals surface area contributed by atoms with Gasteiger partial charge < -0.3 is 17.2 Å². The lowest BCUT2D eigenvalue weighted by atomic mass is 10.2. The lowest BCUT2D eigenvalue weighted by Gasteiger charge is -1.99. The van der Waals surface area contributed by atoms with E-state index in [9.17, 15) is 0 Å². The third kappa shape index (κ3) is 1.33. The molecule has 5 nitrogen and oxygen atoms in total. The van der Waals surface area contributed by atoms with E-state index in [0.29, 0.717) is 12.4 Å². The fourth-order valence-corrected chi connectivity index (χ4v) is 3.03. The molecule has 0 saturated carbocycles. The van der Waals surface area contributed by atoms with Crippen LogP contribution in [-0.4, -0.2) is 9.97 Å². The molecular formula is C7H8BrN5S. The zero-order valence-corrected chi connectivity index (χ0v) is 9.52. The fourth-order valence-electron chi connectivity index (χ4n) is 1.26. The first-order chi connectivity index (χ1) is 6.63. The molecule has 74 valence electrons. The van der Waals surface area contributed by atoms with Crippen molar-refractivity contribution in [2.24, 2.45) is 5.73 Å². The largest absolute Gasteiger partial charge is 0.383 e. The summed E-state index contributed by atoms with van der Waals surface area (Å²) >= 11 is 4.86. The molecule has 6 N–H and O–H groups in total. The Hall–Kier alpha value is -0.920. The highest BCUT2D eigenvalue weighted by molar-refractivity contribution is 9.11. The topological polar surface area (TPSA) is 104 Å². The normalized spacial score (nSPS) is 11.0. The lowest BCUT2D eigenvalue weighted by Crippen LogP contribution is -2.02. The highest BCUT2D eigenvalue weighted by Crippen LogP contribution is 2.36. The van der Waals surface area contributed by atoms with Crippen molar-refractivity contribution < 1.29 is 0 Å². The van der Waals surface area contributed by atoms with E-state index < -0.39 is 0 Å². The van der Waals surface area contributed by atoms with Crippen LogP contribution in [0.1, 0.15) is 5.56 Å². The van der Waals surface area contributed by atoms with Gasteiger partial charge in [0.05, 0.1) is 9.17 Å². The number of halogens is 1. The number of nitrogen functional groups attached to an aromatic ring is 2. The molecule has 14 heavy (non-hydrogen) atoms. The quantitative estimate of drug-likeness (QED) is 0.721. The first-order valence-electron chi connectivity index (χ1n) is 3.83. The van der Waals surface area contributed by atoms with Gasteiger partial charge in [-0.1, -0.05) is 0 Å². The van der Waals surface area contributed by atoms with Gasteiger partial charge in [-0.3, -0.25) is 0 Å². The van der Waals surface area contributed by atoms with Gasteiger partial charge in [0.2, 0.25) is 5.95 Å². The maximum Gasteiger partial charge on any atom is 0.223 e. The summed E-state index contributed by atoms with van der Waals surface area (Å²) in [5.74, 6) is 0.572. The number of nitrogens with zero attached hydrogens (tertiary/aromatic N) is 2. The van der Waals surface area contributed by atoms with Gasteiger partial charge in [0, 0.05) is 12.1 Å². The van der Waals surface area contributed by atoms with E-state index in [-0.39, 0.29) is 5.95 Å². The first kappa shape index (κ1) is 9.63. The maximum absolute atomic E-state index is 5.75. The minimum Gasteiger partial charge on any atom is -0.383 e. The third-order valence-corrected chi connectivity index (χ3v) is 3.73. The van der Waals surface area contributed by atoms with Gasteiger partial charge >= 0.3 is 0 Å². The molecule has 0 fully saturated rings. The summed E-state index contributed by atoms with van der Waals surface area (Å²) < 4.78 is 0.932. The van der Waals surface area contributed by atoms with Crippen LogP contribution in [0.5, 0.6) is 0 Å². The minimum atomic E-state index is 0.187. The van der Waals surface area contributed by atoms with Crippen LogP contribution < -0.4 is 17.2 Å². The van der Waals surface area contributed by atoms with Crippen molar-refractivity contribution in [3.05, 3.63) is 9.35 Å². The van der Waals surface area contributed by atoms with E-state index in [1.54, 1.807) is 0 Å². The molecule has 2 aromatic rings. The van der Waals surface area contributed by atoms with Crippen LogP contribution >= 0.6 is 27.3 Å². The molecular weight excluding hydrogens is 266 g/mol. The van der Waals surface area contributed by atoms with Crippen molar-refractivity contribution in [2.75, 3.05) is 11.5 Å². The van der Waals surface area contributed by atoms with E-state index in [0.717, 1.165) is 19.6 Å². The molecule has 0 bridgehead atoms. The lowest BCUT2D eigenvalue weighted by molar-refractivity contribution is 1.08. The van der Waals surface area contributed by atoms with Crippen LogP contribution in [0.4, 0.5) is 11.8 Å². The van der Waals surface area contributed by atoms with Gasteiger partial charge in [-0.25, -0.2) is 4.98 Å². The highest BCUT2D eigenvalue weighted by Gasteiger charge is 2.14. The summed E-state index contributed by atoms with van der Waals surface area (Å²) in [6, 6.07) is 0. The number of aromatic nitrogens is 2. The summed E-state index contributed by atoms with van der Waals surface area (Å²) in [5.41, 5.74) is 17.8. The van der Waals surface area contributed by atoms with Gasteiger partial charge in [0.15, 0.2) is 0 Å². The Morgan fingerprint density at radius 2 is 2.00 bits per heavy atom. The predicted octanol–water partition coefficient (Wildman–Crippen LogP) is 1.08. The molecule has 0 amide bonds. The molecule has 0 aliphatic heterocycles. The van der Waals surface area contributed by atoms with Crippen molar-refractivity contribution in [3.8, 4) is 0 Å². The number of fused-ring (bicyclic) bond motifs is 1. The van der Waals surface area contributed by atoms with Crippen molar-refractivity contribution in [3.63, 3.8) is 0 Å². The number of hydrogen-bond donors (Lipinski definition) is 3. The second-order valence-electron chi connectivity index (χ2n) is 2.71. The van der Waals surface area contributed by atoms with Crippen LogP contribution in [0.15, 0.2) is 3.79 Å². The molecule has 2 aromatic heterocycles. The molecule has 0 atom stereocenters. The van der Waals surface area contributed by atoms with Crippen molar-refractivity contribution in [1.29, 1.82) is 0 Å². The van der Waals surface area contributed by atoms with Crippen LogP contribution in [0.3, 0.4) is 0 Å². The van der Waals surface area contributed by atoms with Gasteiger partial charge in [0.25, 0.3) is 0 Å². The fraction of sp³-hybridized carbons (Fsp3) is 0.143. The van der Waals surface area contributed by atoms with Crippen LogP contribution in [0.2, 0.25) is 0 Å². The van der Waals surface area contributed by atoms with Crippen molar-refractivity contribution in [2.45, 2.75) is 6.54 Å². The molecule has 0 aliphatic rings. The average Bonchev–Trinajstić information content (AvgIpc) is 2.40. The Kier molecular flexibility index (Phi) is 2.30. The number of rotatable bonds is 1. The van der Waals surface area contributed by atoms with E-state index in [4.69, 9.17) is 17.2 Å². The van der Waals surface area contributed by atoms with Crippen LogP contribution in [0, 0.1) is 0 Å². The Labute approximate surface area is 92.4 Å². The molecule has 7 heteroatoms. The highest BCUT2D eigenvalue weighted by atomic mass is 79.9. The smallest absolute Gasteiger partial charge is 0.223 e. The molecule has 2 rings (SSSR count). The monoisotopic (exact) mass is 273 g/mol. The standard InChI is InChI=1S/C7H8BrN5S/c8-4-2(1-9)3-5(10)12-7(11)13-6(3)14-4/h1,9H2,(H4,10,11,12,13). The summed E-state index contributed by atoms with van der Waals surface area (Å²) in [6.45, 7) is 0.401. The molecule has 0 radical (unpaired) electrons. The van der Waals surface area contributed by atoms with E-state index in [2.05, 4.69) is 25.9 Å². The van der Waals surface area contributed by atoms with E-state index >= 15 is 0 Å². The molecule has 2 heterocycles. The van der Waals surface area contributed by atoms with Gasteiger partial charge in [-0.15, -0.1) is 11.3 Å². The third-order valence-electron chi connectivity index (χ3n) is 1.85. The number of anilines is 2.